The molecule has 0 atom stereocenters. The highest BCUT2D eigenvalue weighted by Gasteiger charge is 1.96. The number of halogens is 1. The van der Waals surface area contributed by atoms with E-state index in [0.717, 1.165) is 11.5 Å². The van der Waals surface area contributed by atoms with Crippen molar-refractivity contribution in [1.29, 1.82) is 0 Å². The van der Waals surface area contributed by atoms with Gasteiger partial charge < -0.3 is 10.5 Å². The fourth-order valence-electron chi connectivity index (χ4n) is 0.944. The lowest BCUT2D eigenvalue weighted by Crippen LogP contribution is -2.05. The van der Waals surface area contributed by atoms with Crippen molar-refractivity contribution < 1.29 is 4.74 Å². The lowest BCUT2D eigenvalue weighted by atomic mass is 10.2. The van der Waals surface area contributed by atoms with Gasteiger partial charge in [-0.05, 0) is 17.7 Å². The first kappa shape index (κ1) is 14.1. The molecule has 1 aromatic rings. The Bertz CT molecular complexity index is 314. The van der Waals surface area contributed by atoms with E-state index in [2.05, 4.69) is 4.99 Å². The molecule has 0 spiro atoms. The molecule has 0 saturated carbocycles. The highest BCUT2D eigenvalue weighted by molar-refractivity contribution is 8.13. The lowest BCUT2D eigenvalue weighted by Gasteiger charge is -2.02. The molecular weight excluding hydrogens is 232 g/mol. The number of amidine groups is 1. The summed E-state index contributed by atoms with van der Waals surface area (Å²) in [6, 6.07) is 7.92. The van der Waals surface area contributed by atoms with Crippen molar-refractivity contribution in [3.8, 4) is 5.75 Å². The van der Waals surface area contributed by atoms with Crippen molar-refractivity contribution in [3.63, 3.8) is 0 Å². The summed E-state index contributed by atoms with van der Waals surface area (Å²) < 4.78 is 5.06. The van der Waals surface area contributed by atoms with Crippen LogP contribution in [-0.4, -0.2) is 19.3 Å². The van der Waals surface area contributed by atoms with E-state index in [4.69, 9.17) is 10.5 Å². The molecule has 0 radical (unpaired) electrons. The number of nitrogens with two attached hydrogens (primary N) is 1. The van der Waals surface area contributed by atoms with Gasteiger partial charge >= 0.3 is 0 Å². The third-order valence-electron chi connectivity index (χ3n) is 1.77. The van der Waals surface area contributed by atoms with Gasteiger partial charge in [0.05, 0.1) is 7.11 Å². The van der Waals surface area contributed by atoms with Gasteiger partial charge in [-0.25, -0.2) is 0 Å². The maximum Gasteiger partial charge on any atom is 0.153 e. The number of aliphatic imine (C=N–C) groups is 1. The van der Waals surface area contributed by atoms with Crippen LogP contribution in [0.4, 0.5) is 0 Å². The number of rotatable bonds is 3. The van der Waals surface area contributed by atoms with Crippen molar-refractivity contribution in [2.45, 2.75) is 5.75 Å². The van der Waals surface area contributed by atoms with E-state index in [0.29, 0.717) is 5.17 Å². The van der Waals surface area contributed by atoms with Gasteiger partial charge in [0.25, 0.3) is 0 Å². The maximum atomic E-state index is 5.57. The summed E-state index contributed by atoms with van der Waals surface area (Å²) >= 11 is 1.53. The summed E-state index contributed by atoms with van der Waals surface area (Å²) in [5.74, 6) is 1.71. The Hall–Kier alpha value is -0.870. The number of ether oxygens (including phenoxy) is 1. The second kappa shape index (κ2) is 7.43. The van der Waals surface area contributed by atoms with Crippen LogP contribution >= 0.6 is 24.2 Å². The summed E-state index contributed by atoms with van der Waals surface area (Å²) in [4.78, 5) is 3.87. The van der Waals surface area contributed by atoms with Crippen LogP contribution < -0.4 is 10.5 Å². The van der Waals surface area contributed by atoms with Gasteiger partial charge in [-0.3, -0.25) is 4.99 Å². The standard InChI is InChI=1S/C10H14N2OS.ClH/c1-12-10(11)14-7-8-3-5-9(13-2)6-4-8;/h3-6H,7H2,1-2H3,(H2,11,12);1H. The van der Waals surface area contributed by atoms with Crippen LogP contribution in [0.1, 0.15) is 5.56 Å². The number of hydrogen-bond acceptors (Lipinski definition) is 3. The molecule has 0 heterocycles. The molecule has 84 valence electrons. The monoisotopic (exact) mass is 246 g/mol. The van der Waals surface area contributed by atoms with E-state index < -0.39 is 0 Å². The van der Waals surface area contributed by atoms with Crippen LogP contribution in [0.2, 0.25) is 0 Å². The number of methoxy groups -OCH3 is 1. The average molecular weight is 247 g/mol. The molecule has 0 aromatic heterocycles. The smallest absolute Gasteiger partial charge is 0.153 e. The molecule has 0 fully saturated rings. The second-order valence-electron chi connectivity index (χ2n) is 2.70. The number of nitrogens with zero attached hydrogens (tertiary/aromatic N) is 1. The zero-order valence-corrected chi connectivity index (χ0v) is 10.4. The number of hydrogen-bond donors (Lipinski definition) is 1. The molecule has 0 aliphatic heterocycles. The Kier molecular flexibility index (Phi) is 6.99. The minimum Gasteiger partial charge on any atom is -0.497 e. The molecule has 0 aliphatic rings. The third-order valence-corrected chi connectivity index (χ3v) is 2.72. The molecule has 0 unspecified atom stereocenters. The largest absolute Gasteiger partial charge is 0.497 e. The van der Waals surface area contributed by atoms with Gasteiger partial charge in [-0.1, -0.05) is 23.9 Å². The predicted molar refractivity (Wildman–Crippen MR) is 69.1 cm³/mol. The van der Waals surface area contributed by atoms with E-state index in [1.165, 1.54) is 17.3 Å². The van der Waals surface area contributed by atoms with Crippen LogP contribution in [0.5, 0.6) is 5.75 Å². The van der Waals surface area contributed by atoms with E-state index in [9.17, 15) is 0 Å². The molecule has 0 amide bonds. The Balaban J connectivity index is 0.00000196. The van der Waals surface area contributed by atoms with Crippen LogP contribution in [0.15, 0.2) is 29.3 Å². The van der Waals surface area contributed by atoms with Gasteiger partial charge in [-0.15, -0.1) is 12.4 Å². The Morgan fingerprint density at radius 2 is 2.00 bits per heavy atom. The normalized spacial score (nSPS) is 10.7. The summed E-state index contributed by atoms with van der Waals surface area (Å²) in [5, 5.41) is 0.612. The van der Waals surface area contributed by atoms with Crippen molar-refractivity contribution in [3.05, 3.63) is 29.8 Å². The van der Waals surface area contributed by atoms with E-state index in [1.54, 1.807) is 14.2 Å². The van der Waals surface area contributed by atoms with Gasteiger partial charge in [0.15, 0.2) is 5.17 Å². The van der Waals surface area contributed by atoms with Crippen LogP contribution in [0.3, 0.4) is 0 Å². The first-order valence-electron chi connectivity index (χ1n) is 4.24. The van der Waals surface area contributed by atoms with Crippen molar-refractivity contribution in [2.75, 3.05) is 14.2 Å². The first-order chi connectivity index (χ1) is 6.76. The summed E-state index contributed by atoms with van der Waals surface area (Å²) in [5.41, 5.74) is 6.78. The zero-order chi connectivity index (χ0) is 10.4. The minimum atomic E-state index is 0. The Morgan fingerprint density at radius 3 is 2.47 bits per heavy atom. The first-order valence-corrected chi connectivity index (χ1v) is 5.23. The molecule has 5 heteroatoms. The molecule has 15 heavy (non-hydrogen) atoms. The lowest BCUT2D eigenvalue weighted by molar-refractivity contribution is 0.414. The molecular formula is C10H15ClN2OS. The fourth-order valence-corrected chi connectivity index (χ4v) is 1.58. The van der Waals surface area contributed by atoms with E-state index in [1.807, 2.05) is 24.3 Å². The fraction of sp³-hybridized carbons (Fsp3) is 0.300. The van der Waals surface area contributed by atoms with Gasteiger partial charge in [0.2, 0.25) is 0 Å². The van der Waals surface area contributed by atoms with Crippen molar-refractivity contribution in [1.82, 2.24) is 0 Å². The molecule has 2 N–H and O–H groups in total. The van der Waals surface area contributed by atoms with Gasteiger partial charge in [0, 0.05) is 12.8 Å². The summed E-state index contributed by atoms with van der Waals surface area (Å²) in [6.45, 7) is 0. The molecule has 0 saturated heterocycles. The molecule has 3 nitrogen and oxygen atoms in total. The van der Waals surface area contributed by atoms with E-state index >= 15 is 0 Å². The maximum absolute atomic E-state index is 5.57. The van der Waals surface area contributed by atoms with Crippen LogP contribution in [0.25, 0.3) is 0 Å². The van der Waals surface area contributed by atoms with Gasteiger partial charge in [0.1, 0.15) is 5.75 Å². The summed E-state index contributed by atoms with van der Waals surface area (Å²) in [7, 11) is 3.35. The van der Waals surface area contributed by atoms with Gasteiger partial charge in [-0.2, -0.15) is 0 Å². The third kappa shape index (κ3) is 4.95. The van der Waals surface area contributed by atoms with Crippen molar-refractivity contribution in [2.24, 2.45) is 10.7 Å². The minimum absolute atomic E-state index is 0. The van der Waals surface area contributed by atoms with Crippen LogP contribution in [0, 0.1) is 0 Å². The highest BCUT2D eigenvalue weighted by Crippen LogP contribution is 2.16. The predicted octanol–water partition coefficient (Wildman–Crippen LogP) is 2.29. The molecule has 0 aliphatic carbocycles. The van der Waals surface area contributed by atoms with Crippen LogP contribution in [-0.2, 0) is 5.75 Å². The average Bonchev–Trinajstić information content (AvgIpc) is 2.26. The van der Waals surface area contributed by atoms with E-state index in [-0.39, 0.29) is 12.4 Å². The Labute approximate surface area is 101 Å². The number of benzene rings is 1. The Morgan fingerprint density at radius 1 is 1.40 bits per heavy atom. The quantitative estimate of drug-likeness (QED) is 0.658. The second-order valence-corrected chi connectivity index (χ2v) is 3.69. The molecule has 0 bridgehead atoms. The zero-order valence-electron chi connectivity index (χ0n) is 8.77. The number of thioether (sulfide) groups is 1. The molecule has 1 aromatic carbocycles. The topological polar surface area (TPSA) is 47.6 Å². The summed E-state index contributed by atoms with van der Waals surface area (Å²) in [6.07, 6.45) is 0. The highest BCUT2D eigenvalue weighted by atomic mass is 35.5. The van der Waals surface area contributed by atoms with Crippen molar-refractivity contribution >= 4 is 29.3 Å². The SMILES string of the molecule is CN=C(N)SCc1ccc(OC)cc1.Cl. The molecule has 1 rings (SSSR count).